The van der Waals surface area contributed by atoms with E-state index in [0.717, 1.165) is 0 Å². The molecule has 0 radical (unpaired) electrons. The number of carbonyl (C=O) groups excluding carboxylic acids is 4. The number of anilines is 1. The molecule has 9 heteroatoms. The first-order valence-electron chi connectivity index (χ1n) is 8.56. The Bertz CT molecular complexity index is 795. The minimum Gasteiger partial charge on any atom is -0.452 e. The van der Waals surface area contributed by atoms with Crippen LogP contribution in [0.4, 0.5) is 5.69 Å². The number of hydrogen-bond acceptors (Lipinski definition) is 6. The first kappa shape index (κ1) is 18.8. The van der Waals surface area contributed by atoms with Crippen LogP contribution in [0.25, 0.3) is 0 Å². The number of benzene rings is 1. The molecule has 0 bridgehead atoms. The minimum absolute atomic E-state index is 0.0983. The van der Waals surface area contributed by atoms with Crippen LogP contribution >= 0.6 is 0 Å². The van der Waals surface area contributed by atoms with E-state index >= 15 is 0 Å². The normalized spacial score (nSPS) is 21.0. The molecular weight excluding hydrogens is 354 g/mol. The number of para-hydroxylation sites is 1. The first-order chi connectivity index (χ1) is 12.9. The highest BCUT2D eigenvalue weighted by Crippen LogP contribution is 2.44. The van der Waals surface area contributed by atoms with Gasteiger partial charge in [0.25, 0.3) is 11.8 Å². The van der Waals surface area contributed by atoms with Gasteiger partial charge in [-0.1, -0.05) is 12.1 Å². The van der Waals surface area contributed by atoms with Crippen molar-refractivity contribution >= 4 is 29.4 Å². The maximum Gasteiger partial charge on any atom is 0.354 e. The number of fused-ring (bicyclic) bond motifs is 3. The highest BCUT2D eigenvalue weighted by atomic mass is 16.5. The highest BCUT2D eigenvalue weighted by Gasteiger charge is 2.60. The molecule has 27 heavy (non-hydrogen) atoms. The van der Waals surface area contributed by atoms with Crippen molar-refractivity contribution in [1.82, 2.24) is 10.2 Å². The van der Waals surface area contributed by atoms with Crippen molar-refractivity contribution in [2.45, 2.75) is 18.5 Å². The molecule has 2 heterocycles. The van der Waals surface area contributed by atoms with E-state index < -0.39 is 24.1 Å². The Morgan fingerprint density at radius 1 is 1.26 bits per heavy atom. The average Bonchev–Trinajstić information content (AvgIpc) is 3.03. The summed E-state index contributed by atoms with van der Waals surface area (Å²) in [6.45, 7) is 0.115. The Morgan fingerprint density at radius 2 is 2.00 bits per heavy atom. The summed E-state index contributed by atoms with van der Waals surface area (Å²) in [5, 5.41) is 2.54. The summed E-state index contributed by atoms with van der Waals surface area (Å²) in [6, 6.07) is 6.63. The number of likely N-dealkylation sites (N-methyl/N-ethyl adjacent to an activating group) is 1. The molecule has 2 aliphatic rings. The van der Waals surface area contributed by atoms with Gasteiger partial charge in [-0.3, -0.25) is 19.3 Å². The fourth-order valence-corrected chi connectivity index (χ4v) is 3.48. The van der Waals surface area contributed by atoms with Crippen LogP contribution in [0.5, 0.6) is 0 Å². The van der Waals surface area contributed by atoms with Crippen molar-refractivity contribution in [2.24, 2.45) is 0 Å². The second-order valence-corrected chi connectivity index (χ2v) is 6.35. The van der Waals surface area contributed by atoms with Crippen molar-refractivity contribution < 1.29 is 28.7 Å². The lowest BCUT2D eigenvalue weighted by Gasteiger charge is -2.46. The zero-order chi connectivity index (χ0) is 19.6. The van der Waals surface area contributed by atoms with Crippen molar-refractivity contribution in [3.05, 3.63) is 29.8 Å². The van der Waals surface area contributed by atoms with E-state index in [0.29, 0.717) is 17.9 Å². The molecule has 0 saturated carbocycles. The van der Waals surface area contributed by atoms with Gasteiger partial charge in [-0.05, 0) is 12.1 Å². The summed E-state index contributed by atoms with van der Waals surface area (Å²) in [7, 11) is 2.97. The Morgan fingerprint density at radius 3 is 2.74 bits per heavy atom. The Kier molecular flexibility index (Phi) is 5.13. The topological polar surface area (TPSA) is 105 Å². The Labute approximate surface area is 156 Å². The fraction of sp³-hybridized carbons (Fsp3) is 0.444. The zero-order valence-electron chi connectivity index (χ0n) is 15.2. The summed E-state index contributed by atoms with van der Waals surface area (Å²) in [5.41, 5.74) is -0.851. The summed E-state index contributed by atoms with van der Waals surface area (Å²) in [4.78, 5) is 52.6. The predicted molar refractivity (Wildman–Crippen MR) is 93.8 cm³/mol. The van der Waals surface area contributed by atoms with Gasteiger partial charge >= 0.3 is 5.97 Å². The number of rotatable bonds is 6. The standard InChI is InChI=1S/C18H21N3O6/c1-20-16(24)12-5-3-4-6-13(12)21-15(23)7-8-18(20,21)17(25)27-11-14(22)19-9-10-26-2/h3-6H,7-11H2,1-2H3,(H,19,22)/t18-/m1/s1. The molecule has 3 rings (SSSR count). The maximum absolute atomic E-state index is 12.9. The van der Waals surface area contributed by atoms with E-state index in [9.17, 15) is 19.2 Å². The lowest BCUT2D eigenvalue weighted by molar-refractivity contribution is -0.159. The number of amides is 3. The second-order valence-electron chi connectivity index (χ2n) is 6.35. The fourth-order valence-electron chi connectivity index (χ4n) is 3.48. The summed E-state index contributed by atoms with van der Waals surface area (Å²) >= 11 is 0. The van der Waals surface area contributed by atoms with E-state index in [4.69, 9.17) is 9.47 Å². The Balaban J connectivity index is 1.84. The van der Waals surface area contributed by atoms with Gasteiger partial charge in [-0.25, -0.2) is 4.79 Å². The SMILES string of the molecule is COCCNC(=O)COC(=O)[C@@]12CCC(=O)N1c1ccccc1C(=O)N2C. The molecule has 3 amide bonds. The Hall–Kier alpha value is -2.94. The molecule has 0 aromatic heterocycles. The number of nitrogens with zero attached hydrogens (tertiary/aromatic N) is 2. The summed E-state index contributed by atoms with van der Waals surface area (Å²) < 4.78 is 10.0. The lowest BCUT2D eigenvalue weighted by atomic mass is 9.97. The highest BCUT2D eigenvalue weighted by molar-refractivity contribution is 6.15. The molecule has 1 N–H and O–H groups in total. The average molecular weight is 375 g/mol. The molecule has 1 aromatic carbocycles. The van der Waals surface area contributed by atoms with Gasteiger partial charge in [0.15, 0.2) is 6.61 Å². The van der Waals surface area contributed by atoms with E-state index in [1.54, 1.807) is 24.3 Å². The van der Waals surface area contributed by atoms with Crippen LogP contribution in [0.15, 0.2) is 24.3 Å². The van der Waals surface area contributed by atoms with Crippen LogP contribution in [0.1, 0.15) is 23.2 Å². The summed E-state index contributed by atoms with van der Waals surface area (Å²) in [5.74, 6) is -1.94. The van der Waals surface area contributed by atoms with Crippen molar-refractivity contribution in [2.75, 3.05) is 38.8 Å². The second kappa shape index (κ2) is 7.36. The number of ether oxygens (including phenoxy) is 2. The van der Waals surface area contributed by atoms with Crippen molar-refractivity contribution in [1.29, 1.82) is 0 Å². The molecule has 1 fully saturated rings. The van der Waals surface area contributed by atoms with Gasteiger partial charge in [0.1, 0.15) is 0 Å². The van der Waals surface area contributed by atoms with Gasteiger partial charge in [0, 0.05) is 33.5 Å². The minimum atomic E-state index is -1.57. The summed E-state index contributed by atoms with van der Waals surface area (Å²) in [6.07, 6.45) is 0.202. The molecule has 0 unspecified atom stereocenters. The van der Waals surface area contributed by atoms with Crippen LogP contribution in [0.3, 0.4) is 0 Å². The van der Waals surface area contributed by atoms with E-state index in [-0.39, 0.29) is 31.2 Å². The molecule has 9 nitrogen and oxygen atoms in total. The van der Waals surface area contributed by atoms with E-state index in [1.165, 1.54) is 24.0 Å². The molecule has 0 spiro atoms. The van der Waals surface area contributed by atoms with Crippen LogP contribution < -0.4 is 10.2 Å². The first-order valence-corrected chi connectivity index (χ1v) is 8.56. The van der Waals surface area contributed by atoms with E-state index in [1.807, 2.05) is 0 Å². The van der Waals surface area contributed by atoms with Crippen molar-refractivity contribution in [3.63, 3.8) is 0 Å². The molecule has 2 aliphatic heterocycles. The van der Waals surface area contributed by atoms with E-state index in [2.05, 4.69) is 5.32 Å². The zero-order valence-corrected chi connectivity index (χ0v) is 15.2. The maximum atomic E-state index is 12.9. The molecule has 0 aliphatic carbocycles. The monoisotopic (exact) mass is 375 g/mol. The third-order valence-electron chi connectivity index (χ3n) is 4.83. The molecule has 1 atom stereocenters. The van der Waals surface area contributed by atoms with Crippen LogP contribution in [0, 0.1) is 0 Å². The number of esters is 1. The number of nitrogens with one attached hydrogen (secondary N) is 1. The van der Waals surface area contributed by atoms with Crippen LogP contribution in [0.2, 0.25) is 0 Å². The van der Waals surface area contributed by atoms with Gasteiger partial charge < -0.3 is 19.7 Å². The van der Waals surface area contributed by atoms with Gasteiger partial charge in [0.05, 0.1) is 17.9 Å². The van der Waals surface area contributed by atoms with Gasteiger partial charge in [-0.15, -0.1) is 0 Å². The number of hydrogen-bond donors (Lipinski definition) is 1. The number of methoxy groups -OCH3 is 1. The van der Waals surface area contributed by atoms with Crippen LogP contribution in [-0.2, 0) is 23.9 Å². The third-order valence-corrected chi connectivity index (χ3v) is 4.83. The molecule has 144 valence electrons. The molecule has 1 aromatic rings. The molecular formula is C18H21N3O6. The largest absolute Gasteiger partial charge is 0.452 e. The molecule has 1 saturated heterocycles. The van der Waals surface area contributed by atoms with Crippen molar-refractivity contribution in [3.8, 4) is 0 Å². The third kappa shape index (κ3) is 3.03. The van der Waals surface area contributed by atoms with Gasteiger partial charge in [0.2, 0.25) is 11.6 Å². The number of carbonyl (C=O) groups is 4. The predicted octanol–water partition coefficient (Wildman–Crippen LogP) is -0.0989. The van der Waals surface area contributed by atoms with Gasteiger partial charge in [-0.2, -0.15) is 0 Å². The lowest BCUT2D eigenvalue weighted by Crippen LogP contribution is -2.67. The smallest absolute Gasteiger partial charge is 0.354 e. The quantitative estimate of drug-likeness (QED) is 0.550. The van der Waals surface area contributed by atoms with Crippen LogP contribution in [-0.4, -0.2) is 68.2 Å².